The lowest BCUT2D eigenvalue weighted by molar-refractivity contribution is -0.106. The molecule has 0 fully saturated rings. The summed E-state index contributed by atoms with van der Waals surface area (Å²) in [5.41, 5.74) is 0. The molecule has 0 aromatic carbocycles. The Bertz CT molecular complexity index is 20.0. The highest BCUT2D eigenvalue weighted by atomic mass is 28.1. The van der Waals surface area contributed by atoms with Crippen molar-refractivity contribution in [3.05, 3.63) is 0 Å². The molecule has 0 aromatic rings. The Morgan fingerprint density at radius 1 is 2.00 bits per heavy atom. The first-order valence-corrected chi connectivity index (χ1v) is 1.70. The van der Waals surface area contributed by atoms with E-state index in [2.05, 4.69) is 10.2 Å². The van der Waals surface area contributed by atoms with E-state index in [1.165, 1.54) is 0 Å². The molecule has 0 saturated carbocycles. The molecule has 2 heteroatoms. The van der Waals surface area contributed by atoms with Crippen molar-refractivity contribution in [1.29, 1.82) is 0 Å². The quantitative estimate of drug-likeness (QED) is 0.308. The van der Waals surface area contributed by atoms with Crippen LogP contribution in [-0.2, 0) is 4.79 Å². The smallest absolute Gasteiger partial charge is 0.116 e. The molecule has 4 heavy (non-hydrogen) atoms. The van der Waals surface area contributed by atoms with Gasteiger partial charge in [0.05, 0.1) is 0 Å². The minimum absolute atomic E-state index is 0.444. The van der Waals surface area contributed by atoms with Crippen molar-refractivity contribution in [3.63, 3.8) is 0 Å². The van der Waals surface area contributed by atoms with Crippen LogP contribution in [0.25, 0.3) is 0 Å². The molecule has 3 radical (unpaired) electrons. The first kappa shape index (κ1) is 3.89. The molecule has 21 valence electrons. The predicted molar refractivity (Wildman–Crippen MR) is 16.6 cm³/mol. The highest BCUT2D eigenvalue weighted by Crippen LogP contribution is 1.46. The van der Waals surface area contributed by atoms with Crippen molar-refractivity contribution in [1.82, 2.24) is 0 Å². The number of hydrogen-bond donors (Lipinski definition) is 0. The second kappa shape index (κ2) is 2.89. The molecule has 0 aliphatic rings. The molecule has 0 saturated heterocycles. The lowest BCUT2D eigenvalue weighted by Crippen LogP contribution is -1.61. The summed E-state index contributed by atoms with van der Waals surface area (Å²) in [6, 6.07) is 0.444. The van der Waals surface area contributed by atoms with Gasteiger partial charge in [-0.05, 0) is 6.04 Å². The van der Waals surface area contributed by atoms with Crippen molar-refractivity contribution >= 4 is 16.5 Å². The number of aldehydes is 1. The monoisotopic (exact) mass is 71.0 g/mol. The molecule has 0 bridgehead atoms. The van der Waals surface area contributed by atoms with Crippen molar-refractivity contribution in [2.75, 3.05) is 0 Å². The van der Waals surface area contributed by atoms with Crippen LogP contribution in [0, 0.1) is 0 Å². The van der Waals surface area contributed by atoms with Gasteiger partial charge in [-0.3, -0.25) is 0 Å². The van der Waals surface area contributed by atoms with Crippen LogP contribution in [0.15, 0.2) is 0 Å². The fourth-order valence-corrected chi connectivity index (χ4v) is 0. The standard InChI is InChI=1S/C2H3OSi/c3-1-2-4/h1H,2H2. The summed E-state index contributed by atoms with van der Waals surface area (Å²) in [6.45, 7) is 0. The van der Waals surface area contributed by atoms with Crippen LogP contribution in [0.5, 0.6) is 0 Å². The Labute approximate surface area is 28.4 Å². The van der Waals surface area contributed by atoms with Crippen LogP contribution in [0.3, 0.4) is 0 Å². The highest BCUT2D eigenvalue weighted by molar-refractivity contribution is 6.15. The van der Waals surface area contributed by atoms with Crippen LogP contribution >= 0.6 is 0 Å². The lowest BCUT2D eigenvalue weighted by Gasteiger charge is -1.50. The molecular formula is C2H3OSi. The van der Waals surface area contributed by atoms with Crippen LogP contribution in [0.1, 0.15) is 0 Å². The third-order valence-corrected chi connectivity index (χ3v) is 0.250. The van der Waals surface area contributed by atoms with Crippen molar-refractivity contribution in [2.24, 2.45) is 0 Å². The molecule has 0 N–H and O–H groups in total. The summed E-state index contributed by atoms with van der Waals surface area (Å²) in [5.74, 6) is 0. The Morgan fingerprint density at radius 3 is 2.25 bits per heavy atom. The maximum atomic E-state index is 9.12. The average molecular weight is 71.1 g/mol. The van der Waals surface area contributed by atoms with E-state index in [1.807, 2.05) is 0 Å². The minimum atomic E-state index is 0.444. The van der Waals surface area contributed by atoms with Gasteiger partial charge in [-0.25, -0.2) is 0 Å². The van der Waals surface area contributed by atoms with Crippen molar-refractivity contribution in [2.45, 2.75) is 6.04 Å². The Balaban J connectivity index is 2.30. The topological polar surface area (TPSA) is 17.1 Å². The molecule has 0 amide bonds. The molecule has 0 spiro atoms. The third-order valence-electron chi connectivity index (χ3n) is 0.0833. The lowest BCUT2D eigenvalue weighted by atomic mass is 10.9. The largest absolute Gasteiger partial charge is 0.304 e. The number of carbonyl (C=O) groups is 1. The van der Waals surface area contributed by atoms with Crippen LogP contribution in [-0.4, -0.2) is 16.5 Å². The highest BCUT2D eigenvalue weighted by Gasteiger charge is 1.53. The Kier molecular flexibility index (Phi) is 2.81. The van der Waals surface area contributed by atoms with E-state index in [-0.39, 0.29) is 0 Å². The second-order valence-corrected chi connectivity index (χ2v) is 0.779. The van der Waals surface area contributed by atoms with Crippen LogP contribution in [0.2, 0.25) is 6.04 Å². The predicted octanol–water partition coefficient (Wildman–Crippen LogP) is -0.228. The second-order valence-electron chi connectivity index (χ2n) is 0.371. The van der Waals surface area contributed by atoms with E-state index in [4.69, 9.17) is 4.79 Å². The van der Waals surface area contributed by atoms with E-state index in [0.717, 1.165) is 6.29 Å². The minimum Gasteiger partial charge on any atom is -0.304 e. The Morgan fingerprint density at radius 2 is 2.25 bits per heavy atom. The molecule has 0 atom stereocenters. The zero-order valence-electron chi connectivity index (χ0n) is 2.19. The molecule has 0 aromatic heterocycles. The van der Waals surface area contributed by atoms with E-state index in [0.29, 0.717) is 6.04 Å². The average Bonchev–Trinajstić information content (AvgIpc) is 1.37. The van der Waals surface area contributed by atoms with E-state index < -0.39 is 0 Å². The zero-order chi connectivity index (χ0) is 3.41. The van der Waals surface area contributed by atoms with E-state index in [1.54, 1.807) is 0 Å². The van der Waals surface area contributed by atoms with Gasteiger partial charge < -0.3 is 4.79 Å². The molecule has 0 rings (SSSR count). The molecular weight excluding hydrogens is 68.1 g/mol. The van der Waals surface area contributed by atoms with Gasteiger partial charge in [0.2, 0.25) is 0 Å². The summed E-state index contributed by atoms with van der Waals surface area (Å²) < 4.78 is 0. The van der Waals surface area contributed by atoms with E-state index in [9.17, 15) is 0 Å². The number of hydrogen-bond acceptors (Lipinski definition) is 1. The van der Waals surface area contributed by atoms with Crippen LogP contribution in [0.4, 0.5) is 0 Å². The summed E-state index contributed by atoms with van der Waals surface area (Å²) >= 11 is 0. The summed E-state index contributed by atoms with van der Waals surface area (Å²) in [6.07, 6.45) is 0.789. The molecule has 0 unspecified atom stereocenters. The first-order valence-electron chi connectivity index (χ1n) is 0.998. The third kappa shape index (κ3) is 1.89. The van der Waals surface area contributed by atoms with Crippen molar-refractivity contribution in [3.8, 4) is 0 Å². The maximum absolute atomic E-state index is 9.12. The number of rotatable bonds is 1. The van der Waals surface area contributed by atoms with E-state index >= 15 is 0 Å². The SMILES string of the molecule is O=CC[Si]. The summed E-state index contributed by atoms with van der Waals surface area (Å²) in [4.78, 5) is 9.12. The number of carbonyl (C=O) groups excluding carboxylic acids is 1. The van der Waals surface area contributed by atoms with Crippen LogP contribution < -0.4 is 0 Å². The van der Waals surface area contributed by atoms with Gasteiger partial charge in [0.1, 0.15) is 6.29 Å². The normalized spacial score (nSPS) is 6.25. The first-order chi connectivity index (χ1) is 1.91. The fraction of sp³-hybridized carbons (Fsp3) is 0.500. The van der Waals surface area contributed by atoms with Gasteiger partial charge in [0, 0.05) is 10.2 Å². The van der Waals surface area contributed by atoms with Gasteiger partial charge in [0.25, 0.3) is 0 Å². The Hall–Kier alpha value is -0.113. The molecule has 1 nitrogen and oxygen atoms in total. The fourth-order valence-electron chi connectivity index (χ4n) is 0. The molecule has 0 heterocycles. The molecule has 0 aliphatic heterocycles. The molecule has 0 aliphatic carbocycles. The van der Waals surface area contributed by atoms with Gasteiger partial charge in [-0.2, -0.15) is 0 Å². The van der Waals surface area contributed by atoms with Crippen molar-refractivity contribution < 1.29 is 4.79 Å². The van der Waals surface area contributed by atoms with Gasteiger partial charge in [-0.15, -0.1) is 0 Å². The zero-order valence-corrected chi connectivity index (χ0v) is 3.19. The maximum Gasteiger partial charge on any atom is 0.116 e. The van der Waals surface area contributed by atoms with Gasteiger partial charge in [-0.1, -0.05) is 0 Å². The van der Waals surface area contributed by atoms with Gasteiger partial charge in [0.15, 0.2) is 0 Å². The summed E-state index contributed by atoms with van der Waals surface area (Å²) in [7, 11) is 2.92. The van der Waals surface area contributed by atoms with Gasteiger partial charge >= 0.3 is 0 Å². The summed E-state index contributed by atoms with van der Waals surface area (Å²) in [5, 5.41) is 0.